The summed E-state index contributed by atoms with van der Waals surface area (Å²) in [5, 5.41) is 3.24. The van der Waals surface area contributed by atoms with Gasteiger partial charge in [-0.2, -0.15) is 0 Å². The van der Waals surface area contributed by atoms with Crippen molar-refractivity contribution >= 4 is 5.91 Å². The number of amides is 1. The van der Waals surface area contributed by atoms with Gasteiger partial charge in [-0.3, -0.25) is 4.79 Å². The predicted octanol–water partition coefficient (Wildman–Crippen LogP) is 3.51. The number of nitrogens with one attached hydrogen (secondary N) is 1. The first-order chi connectivity index (χ1) is 7.43. The summed E-state index contributed by atoms with van der Waals surface area (Å²) in [5.74, 6) is 1.72. The van der Waals surface area contributed by atoms with Crippen LogP contribution in [0.15, 0.2) is 0 Å². The quantitative estimate of drug-likeness (QED) is 0.736. The van der Waals surface area contributed by atoms with Crippen LogP contribution in [0.25, 0.3) is 0 Å². The predicted molar refractivity (Wildman–Crippen MR) is 68.3 cm³/mol. The Morgan fingerprint density at radius 1 is 1.12 bits per heavy atom. The summed E-state index contributed by atoms with van der Waals surface area (Å²) in [4.78, 5) is 11.4. The van der Waals surface area contributed by atoms with Crippen LogP contribution in [-0.4, -0.2) is 11.4 Å². The Labute approximate surface area is 100 Å². The average molecular weight is 225 g/mol. The summed E-state index contributed by atoms with van der Waals surface area (Å²) >= 11 is 0. The largest absolute Gasteiger partial charge is 0.351 e. The van der Waals surface area contributed by atoms with Gasteiger partial charge in [-0.15, -0.1) is 0 Å². The topological polar surface area (TPSA) is 29.1 Å². The van der Waals surface area contributed by atoms with Gasteiger partial charge in [0.15, 0.2) is 0 Å². The Morgan fingerprint density at radius 2 is 1.62 bits per heavy atom. The highest BCUT2D eigenvalue weighted by atomic mass is 16.2. The van der Waals surface area contributed by atoms with E-state index in [2.05, 4.69) is 33.0 Å². The molecule has 1 saturated heterocycles. The highest BCUT2D eigenvalue weighted by Crippen LogP contribution is 2.32. The van der Waals surface area contributed by atoms with E-state index in [9.17, 15) is 4.79 Å². The third-order valence-corrected chi connectivity index (χ3v) is 3.64. The number of rotatable bonds is 6. The van der Waals surface area contributed by atoms with Crippen molar-refractivity contribution in [3.8, 4) is 0 Å². The maximum Gasteiger partial charge on any atom is 0.220 e. The van der Waals surface area contributed by atoms with Crippen LogP contribution in [0.5, 0.6) is 0 Å². The second-order valence-corrected chi connectivity index (χ2v) is 6.19. The molecule has 1 rings (SSSR count). The Morgan fingerprint density at radius 3 is 1.94 bits per heavy atom. The van der Waals surface area contributed by atoms with Gasteiger partial charge < -0.3 is 5.32 Å². The van der Waals surface area contributed by atoms with E-state index in [0.29, 0.717) is 0 Å². The fourth-order valence-electron chi connectivity index (χ4n) is 2.40. The summed E-state index contributed by atoms with van der Waals surface area (Å²) < 4.78 is 0. The molecule has 0 aromatic heterocycles. The van der Waals surface area contributed by atoms with Crippen LogP contribution in [0, 0.1) is 11.8 Å². The molecule has 0 radical (unpaired) electrons. The van der Waals surface area contributed by atoms with Crippen molar-refractivity contribution < 1.29 is 4.79 Å². The Balaban J connectivity index is 2.51. The molecule has 0 atom stereocenters. The molecule has 94 valence electrons. The van der Waals surface area contributed by atoms with E-state index in [4.69, 9.17) is 0 Å². The molecule has 0 unspecified atom stereocenters. The van der Waals surface area contributed by atoms with Crippen LogP contribution in [0.2, 0.25) is 0 Å². The molecular formula is C14H27NO. The zero-order valence-electron chi connectivity index (χ0n) is 11.3. The van der Waals surface area contributed by atoms with Gasteiger partial charge >= 0.3 is 0 Å². The lowest BCUT2D eigenvalue weighted by Crippen LogP contribution is -2.42. The molecule has 1 aliphatic heterocycles. The Bertz CT molecular complexity index is 221. The average Bonchev–Trinajstić information content (AvgIpc) is 2.55. The molecule has 1 fully saturated rings. The summed E-state index contributed by atoms with van der Waals surface area (Å²) in [7, 11) is 0. The minimum atomic E-state index is 0.131. The minimum Gasteiger partial charge on any atom is -0.351 e. The van der Waals surface area contributed by atoms with Crippen molar-refractivity contribution in [2.75, 3.05) is 0 Å². The maximum absolute atomic E-state index is 11.4. The van der Waals surface area contributed by atoms with Gasteiger partial charge in [0.1, 0.15) is 0 Å². The van der Waals surface area contributed by atoms with Gasteiger partial charge in [0.05, 0.1) is 0 Å². The van der Waals surface area contributed by atoms with Crippen molar-refractivity contribution in [2.24, 2.45) is 11.8 Å². The molecule has 0 spiro atoms. The Kier molecular flexibility index (Phi) is 4.82. The maximum atomic E-state index is 11.4. The first-order valence-corrected chi connectivity index (χ1v) is 6.74. The smallest absolute Gasteiger partial charge is 0.220 e. The molecule has 1 heterocycles. The highest BCUT2D eigenvalue weighted by molar-refractivity contribution is 5.79. The van der Waals surface area contributed by atoms with Crippen molar-refractivity contribution in [2.45, 2.75) is 71.8 Å². The minimum absolute atomic E-state index is 0.131. The monoisotopic (exact) mass is 225 g/mol. The van der Waals surface area contributed by atoms with E-state index < -0.39 is 0 Å². The lowest BCUT2D eigenvalue weighted by molar-refractivity contribution is -0.119. The SMILES string of the molecule is CC(C)CCC1(CCC(C)C)CCC(=O)N1. The van der Waals surface area contributed by atoms with Crippen molar-refractivity contribution in [1.29, 1.82) is 0 Å². The fourth-order valence-corrected chi connectivity index (χ4v) is 2.40. The molecule has 16 heavy (non-hydrogen) atoms. The normalized spacial score (nSPS) is 19.5. The van der Waals surface area contributed by atoms with Crippen molar-refractivity contribution in [3.63, 3.8) is 0 Å². The second-order valence-electron chi connectivity index (χ2n) is 6.19. The highest BCUT2D eigenvalue weighted by Gasteiger charge is 2.36. The van der Waals surface area contributed by atoms with E-state index >= 15 is 0 Å². The van der Waals surface area contributed by atoms with E-state index in [1.165, 1.54) is 12.8 Å². The van der Waals surface area contributed by atoms with Crippen LogP contribution in [-0.2, 0) is 4.79 Å². The standard InChI is InChI=1S/C14H27NO/c1-11(2)5-8-14(9-6-12(3)4)10-7-13(16)15-14/h11-12H,5-10H2,1-4H3,(H,15,16). The lowest BCUT2D eigenvalue weighted by atomic mass is 9.83. The molecule has 1 amide bonds. The van der Waals surface area contributed by atoms with E-state index in [1.54, 1.807) is 0 Å². The molecule has 0 aromatic carbocycles. The zero-order chi connectivity index (χ0) is 12.2. The summed E-state index contributed by atoms with van der Waals surface area (Å²) in [6.45, 7) is 9.03. The van der Waals surface area contributed by atoms with E-state index in [1.807, 2.05) is 0 Å². The van der Waals surface area contributed by atoms with Crippen LogP contribution in [0.4, 0.5) is 0 Å². The van der Waals surface area contributed by atoms with Crippen molar-refractivity contribution in [3.05, 3.63) is 0 Å². The second kappa shape index (κ2) is 5.70. The van der Waals surface area contributed by atoms with Crippen LogP contribution in [0.3, 0.4) is 0 Å². The van der Waals surface area contributed by atoms with Gasteiger partial charge in [0.25, 0.3) is 0 Å². The van der Waals surface area contributed by atoms with Gasteiger partial charge in [0.2, 0.25) is 5.91 Å². The zero-order valence-corrected chi connectivity index (χ0v) is 11.3. The molecular weight excluding hydrogens is 198 g/mol. The number of carbonyl (C=O) groups excluding carboxylic acids is 1. The number of hydrogen-bond acceptors (Lipinski definition) is 1. The summed E-state index contributed by atoms with van der Waals surface area (Å²) in [6, 6.07) is 0. The van der Waals surface area contributed by atoms with Gasteiger partial charge in [-0.05, 0) is 43.9 Å². The van der Waals surface area contributed by atoms with Gasteiger partial charge in [0, 0.05) is 12.0 Å². The summed E-state index contributed by atoms with van der Waals surface area (Å²) in [6.07, 6.45) is 6.53. The number of hydrogen-bond donors (Lipinski definition) is 1. The third-order valence-electron chi connectivity index (χ3n) is 3.64. The van der Waals surface area contributed by atoms with E-state index in [-0.39, 0.29) is 11.4 Å². The first-order valence-electron chi connectivity index (χ1n) is 6.74. The fraction of sp³-hybridized carbons (Fsp3) is 0.929. The lowest BCUT2D eigenvalue weighted by Gasteiger charge is -2.30. The van der Waals surface area contributed by atoms with E-state index in [0.717, 1.165) is 37.5 Å². The van der Waals surface area contributed by atoms with Crippen LogP contribution in [0.1, 0.15) is 66.2 Å². The molecule has 2 nitrogen and oxygen atoms in total. The molecule has 0 aromatic rings. The van der Waals surface area contributed by atoms with Crippen LogP contribution < -0.4 is 5.32 Å². The van der Waals surface area contributed by atoms with Crippen LogP contribution >= 0.6 is 0 Å². The third kappa shape index (κ3) is 4.15. The van der Waals surface area contributed by atoms with Gasteiger partial charge in [-0.1, -0.05) is 27.7 Å². The molecule has 0 aliphatic carbocycles. The van der Waals surface area contributed by atoms with Crippen molar-refractivity contribution in [1.82, 2.24) is 5.32 Å². The summed E-state index contributed by atoms with van der Waals surface area (Å²) in [5.41, 5.74) is 0.131. The molecule has 2 heteroatoms. The molecule has 1 N–H and O–H groups in total. The molecule has 0 saturated carbocycles. The molecule has 1 aliphatic rings. The Hall–Kier alpha value is -0.530. The number of carbonyl (C=O) groups is 1. The van der Waals surface area contributed by atoms with Gasteiger partial charge in [-0.25, -0.2) is 0 Å². The first kappa shape index (κ1) is 13.5. The molecule has 0 bridgehead atoms.